The molecular formula is C13H18N2O5. The van der Waals surface area contributed by atoms with Crippen LogP contribution in [0.1, 0.15) is 23.7 Å². The number of carbonyl (C=O) groups is 2. The van der Waals surface area contributed by atoms with Crippen LogP contribution in [-0.2, 0) is 4.79 Å². The molecule has 1 amide bonds. The molecule has 7 heteroatoms. The zero-order chi connectivity index (χ0) is 15.3. The van der Waals surface area contributed by atoms with Crippen molar-refractivity contribution in [1.29, 1.82) is 0 Å². The van der Waals surface area contributed by atoms with E-state index in [4.69, 9.17) is 15.2 Å². The highest BCUT2D eigenvalue weighted by atomic mass is 16.5. The van der Waals surface area contributed by atoms with Crippen LogP contribution in [0.3, 0.4) is 0 Å². The lowest BCUT2D eigenvalue weighted by molar-refractivity contribution is -0.117. The van der Waals surface area contributed by atoms with Crippen LogP contribution in [0, 0.1) is 0 Å². The molecule has 0 unspecified atom stereocenters. The number of methoxy groups -OCH3 is 2. The van der Waals surface area contributed by atoms with Gasteiger partial charge in [-0.1, -0.05) is 6.92 Å². The number of hydrogen-bond acceptors (Lipinski definition) is 5. The van der Waals surface area contributed by atoms with E-state index in [1.165, 1.54) is 26.4 Å². The van der Waals surface area contributed by atoms with Crippen molar-refractivity contribution in [2.75, 3.05) is 19.5 Å². The fourth-order valence-electron chi connectivity index (χ4n) is 1.57. The standard InChI is InChI=1S/C13H18N2O5/c1-4-8(14)12(16)15-9-6-11(20-3)10(19-2)5-7(9)13(17)18/h5-6,8H,4,14H2,1-3H3,(H,15,16)(H,17,18)/t8-/m0/s1. The molecule has 0 bridgehead atoms. The molecule has 0 heterocycles. The number of ether oxygens (including phenoxy) is 2. The number of benzene rings is 1. The Kier molecular flexibility index (Phi) is 5.33. The van der Waals surface area contributed by atoms with Crippen LogP contribution < -0.4 is 20.5 Å². The van der Waals surface area contributed by atoms with Gasteiger partial charge in [-0.3, -0.25) is 4.79 Å². The van der Waals surface area contributed by atoms with Crippen molar-refractivity contribution >= 4 is 17.6 Å². The second kappa shape index (κ2) is 6.76. The number of hydrogen-bond donors (Lipinski definition) is 3. The smallest absolute Gasteiger partial charge is 0.337 e. The van der Waals surface area contributed by atoms with Crippen LogP contribution in [-0.4, -0.2) is 37.2 Å². The Labute approximate surface area is 116 Å². The van der Waals surface area contributed by atoms with E-state index in [0.717, 1.165) is 0 Å². The Hall–Kier alpha value is -2.28. The van der Waals surface area contributed by atoms with E-state index in [-0.39, 0.29) is 17.0 Å². The second-order valence-corrected chi connectivity index (χ2v) is 4.06. The summed E-state index contributed by atoms with van der Waals surface area (Å²) in [4.78, 5) is 23.0. The average molecular weight is 282 g/mol. The number of carbonyl (C=O) groups excluding carboxylic acids is 1. The van der Waals surface area contributed by atoms with Gasteiger partial charge in [0.2, 0.25) is 5.91 Å². The number of carboxylic acid groups (broad SMARTS) is 1. The van der Waals surface area contributed by atoms with Crippen molar-refractivity contribution in [3.05, 3.63) is 17.7 Å². The van der Waals surface area contributed by atoms with E-state index < -0.39 is 17.9 Å². The number of amides is 1. The summed E-state index contributed by atoms with van der Waals surface area (Å²) in [6.45, 7) is 1.76. The first-order valence-electron chi connectivity index (χ1n) is 6.00. The first-order chi connectivity index (χ1) is 9.44. The number of carboxylic acids is 1. The Morgan fingerprint density at radius 1 is 1.30 bits per heavy atom. The summed E-state index contributed by atoms with van der Waals surface area (Å²) in [6, 6.07) is 1.97. The predicted molar refractivity (Wildman–Crippen MR) is 73.4 cm³/mol. The molecule has 0 radical (unpaired) electrons. The van der Waals surface area contributed by atoms with Gasteiger partial charge in [-0.15, -0.1) is 0 Å². The maximum Gasteiger partial charge on any atom is 0.337 e. The van der Waals surface area contributed by atoms with E-state index in [0.29, 0.717) is 12.2 Å². The zero-order valence-electron chi connectivity index (χ0n) is 11.6. The number of anilines is 1. The SMILES string of the molecule is CC[C@H](N)C(=O)Nc1cc(OC)c(OC)cc1C(=O)O. The van der Waals surface area contributed by atoms with Crippen molar-refractivity contribution in [3.8, 4) is 11.5 Å². The van der Waals surface area contributed by atoms with Gasteiger partial charge in [0, 0.05) is 12.1 Å². The Morgan fingerprint density at radius 2 is 1.85 bits per heavy atom. The lowest BCUT2D eigenvalue weighted by atomic mass is 10.1. The van der Waals surface area contributed by atoms with E-state index >= 15 is 0 Å². The number of rotatable bonds is 6. The van der Waals surface area contributed by atoms with Gasteiger partial charge < -0.3 is 25.6 Å². The highest BCUT2D eigenvalue weighted by Crippen LogP contribution is 2.33. The molecule has 0 aliphatic heterocycles. The molecule has 1 aromatic carbocycles. The Balaban J connectivity index is 3.22. The topological polar surface area (TPSA) is 111 Å². The summed E-state index contributed by atoms with van der Waals surface area (Å²) in [5.41, 5.74) is 5.62. The van der Waals surface area contributed by atoms with Gasteiger partial charge >= 0.3 is 5.97 Å². The molecule has 1 rings (SSSR count). The molecule has 20 heavy (non-hydrogen) atoms. The minimum Gasteiger partial charge on any atom is -0.493 e. The van der Waals surface area contributed by atoms with E-state index in [1.807, 2.05) is 0 Å². The monoisotopic (exact) mass is 282 g/mol. The molecular weight excluding hydrogens is 264 g/mol. The minimum absolute atomic E-state index is 0.0979. The molecule has 7 nitrogen and oxygen atoms in total. The molecule has 0 aliphatic rings. The molecule has 1 atom stereocenters. The third kappa shape index (κ3) is 3.39. The second-order valence-electron chi connectivity index (χ2n) is 4.06. The van der Waals surface area contributed by atoms with Crippen molar-refractivity contribution in [3.63, 3.8) is 0 Å². The maximum atomic E-state index is 11.8. The van der Waals surface area contributed by atoms with Crippen LogP contribution in [0.4, 0.5) is 5.69 Å². The van der Waals surface area contributed by atoms with Gasteiger partial charge in [0.05, 0.1) is 31.5 Å². The Morgan fingerprint density at radius 3 is 2.30 bits per heavy atom. The summed E-state index contributed by atoms with van der Waals surface area (Å²) < 4.78 is 10.1. The lowest BCUT2D eigenvalue weighted by Crippen LogP contribution is -2.35. The predicted octanol–water partition coefficient (Wildman–Crippen LogP) is 1.08. The first kappa shape index (κ1) is 15.8. The highest BCUT2D eigenvalue weighted by molar-refractivity contribution is 6.02. The number of nitrogens with two attached hydrogens (primary N) is 1. The minimum atomic E-state index is -1.19. The molecule has 110 valence electrons. The van der Waals surface area contributed by atoms with Crippen molar-refractivity contribution < 1.29 is 24.2 Å². The van der Waals surface area contributed by atoms with Gasteiger partial charge in [-0.2, -0.15) is 0 Å². The quantitative estimate of drug-likeness (QED) is 0.720. The average Bonchev–Trinajstić information content (AvgIpc) is 2.45. The molecule has 0 spiro atoms. The molecule has 0 saturated heterocycles. The fraction of sp³-hybridized carbons (Fsp3) is 0.385. The fourth-order valence-corrected chi connectivity index (χ4v) is 1.57. The van der Waals surface area contributed by atoms with Crippen LogP contribution >= 0.6 is 0 Å². The summed E-state index contributed by atoms with van der Waals surface area (Å²) in [6.07, 6.45) is 0.446. The number of nitrogens with one attached hydrogen (secondary N) is 1. The van der Waals surface area contributed by atoms with Gasteiger partial charge in [-0.05, 0) is 6.42 Å². The highest BCUT2D eigenvalue weighted by Gasteiger charge is 2.19. The van der Waals surface area contributed by atoms with Crippen LogP contribution in [0.25, 0.3) is 0 Å². The zero-order valence-corrected chi connectivity index (χ0v) is 11.6. The molecule has 0 saturated carbocycles. The molecule has 1 aromatic rings. The normalized spacial score (nSPS) is 11.6. The molecule has 0 aromatic heterocycles. The third-order valence-corrected chi connectivity index (χ3v) is 2.79. The first-order valence-corrected chi connectivity index (χ1v) is 6.00. The summed E-state index contributed by atoms with van der Waals surface area (Å²) >= 11 is 0. The summed E-state index contributed by atoms with van der Waals surface area (Å²) in [5.74, 6) is -1.06. The van der Waals surface area contributed by atoms with E-state index in [2.05, 4.69) is 5.32 Å². The van der Waals surface area contributed by atoms with Crippen LogP contribution in [0.5, 0.6) is 11.5 Å². The Bertz CT molecular complexity index is 516. The molecule has 0 fully saturated rings. The van der Waals surface area contributed by atoms with Crippen molar-refractivity contribution in [2.45, 2.75) is 19.4 Å². The van der Waals surface area contributed by atoms with Gasteiger partial charge in [0.25, 0.3) is 0 Å². The van der Waals surface area contributed by atoms with Crippen molar-refractivity contribution in [1.82, 2.24) is 0 Å². The molecule has 0 aliphatic carbocycles. The lowest BCUT2D eigenvalue weighted by Gasteiger charge is -2.15. The van der Waals surface area contributed by atoms with Gasteiger partial charge in [0.15, 0.2) is 11.5 Å². The van der Waals surface area contributed by atoms with E-state index in [9.17, 15) is 14.7 Å². The molecule has 4 N–H and O–H groups in total. The van der Waals surface area contributed by atoms with Crippen LogP contribution in [0.2, 0.25) is 0 Å². The summed E-state index contributed by atoms with van der Waals surface area (Å²) in [7, 11) is 2.82. The third-order valence-electron chi connectivity index (χ3n) is 2.79. The summed E-state index contributed by atoms with van der Waals surface area (Å²) in [5, 5.41) is 11.7. The van der Waals surface area contributed by atoms with E-state index in [1.54, 1.807) is 6.92 Å². The number of aromatic carboxylic acids is 1. The maximum absolute atomic E-state index is 11.8. The van der Waals surface area contributed by atoms with Gasteiger partial charge in [-0.25, -0.2) is 4.79 Å². The van der Waals surface area contributed by atoms with Gasteiger partial charge in [0.1, 0.15) is 0 Å². The van der Waals surface area contributed by atoms with Crippen molar-refractivity contribution in [2.24, 2.45) is 5.73 Å². The van der Waals surface area contributed by atoms with Crippen LogP contribution in [0.15, 0.2) is 12.1 Å². The largest absolute Gasteiger partial charge is 0.493 e.